The van der Waals surface area contributed by atoms with Crippen LogP contribution in [0.2, 0.25) is 0 Å². The van der Waals surface area contributed by atoms with Crippen molar-refractivity contribution in [2.45, 2.75) is 13.8 Å². The van der Waals surface area contributed by atoms with Crippen LogP contribution in [-0.4, -0.2) is 102 Å². The summed E-state index contributed by atoms with van der Waals surface area (Å²) in [7, 11) is 1.43. The lowest BCUT2D eigenvalue weighted by Gasteiger charge is -2.16. The average molecular weight is 553 g/mol. The van der Waals surface area contributed by atoms with Crippen LogP contribution in [0.3, 0.4) is 0 Å². The van der Waals surface area contributed by atoms with Gasteiger partial charge < -0.3 is 40.2 Å². The lowest BCUT2D eigenvalue weighted by molar-refractivity contribution is -0.141. The second-order valence-electron chi connectivity index (χ2n) is 7.61. The molecule has 1 rings (SSSR count). The molecule has 0 aliphatic heterocycles. The van der Waals surface area contributed by atoms with Crippen molar-refractivity contribution in [2.24, 2.45) is 0 Å². The van der Waals surface area contributed by atoms with Crippen molar-refractivity contribution in [2.75, 3.05) is 59.7 Å². The number of ether oxygens (including phenoxy) is 4. The van der Waals surface area contributed by atoms with Crippen molar-refractivity contribution >= 4 is 42.0 Å². The number of carbonyl (C=O) groups excluding carboxylic acids is 7. The van der Waals surface area contributed by atoms with E-state index in [2.05, 4.69) is 26.0 Å². The van der Waals surface area contributed by atoms with Gasteiger partial charge in [-0.15, -0.1) is 0 Å². The first kappa shape index (κ1) is 32.5. The Bertz CT molecular complexity index is 1060. The molecule has 1 aromatic rings. The Morgan fingerprint density at radius 2 is 0.949 bits per heavy atom. The van der Waals surface area contributed by atoms with E-state index in [4.69, 9.17) is 14.2 Å². The van der Waals surface area contributed by atoms with E-state index in [9.17, 15) is 33.6 Å². The van der Waals surface area contributed by atoms with Crippen LogP contribution >= 0.6 is 0 Å². The number of amides is 4. The Kier molecular flexibility index (Phi) is 14.9. The van der Waals surface area contributed by atoms with E-state index < -0.39 is 35.6 Å². The van der Waals surface area contributed by atoms with Gasteiger partial charge in [0, 0.05) is 27.5 Å². The number of rotatable bonds is 17. The van der Waals surface area contributed by atoms with Crippen LogP contribution in [0.25, 0.3) is 0 Å². The highest BCUT2D eigenvalue weighted by Crippen LogP contribution is 2.19. The first-order chi connectivity index (χ1) is 18.6. The van der Waals surface area contributed by atoms with E-state index >= 15 is 0 Å². The molecule has 1 aromatic carbocycles. The molecular formula is C24H32N4O11. The topological polar surface area (TPSA) is 205 Å². The van der Waals surface area contributed by atoms with E-state index in [1.165, 1.54) is 21.0 Å². The molecule has 0 atom stereocenters. The van der Waals surface area contributed by atoms with Crippen molar-refractivity contribution in [1.29, 1.82) is 0 Å². The standard InChI is InChI=1S/C24H32N4O11/c1-15(30)38-10-6-27-23(34)19-12-17(21(32)25-4-8-36-3)18(22(33)26-5-9-37-14-29)13-20(19)24(35)28-7-11-39-16(2)31/h12-14H,4-11H2,1-3H3,(H,25,32)(H,26,33)(H,27,34)(H,28,35). The summed E-state index contributed by atoms with van der Waals surface area (Å²) in [6.45, 7) is 2.14. The molecule has 39 heavy (non-hydrogen) atoms. The van der Waals surface area contributed by atoms with Crippen molar-refractivity contribution in [3.8, 4) is 0 Å². The third-order valence-corrected chi connectivity index (χ3v) is 4.69. The van der Waals surface area contributed by atoms with Crippen molar-refractivity contribution in [3.05, 3.63) is 34.4 Å². The largest absolute Gasteiger partial charge is 0.466 e. The average Bonchev–Trinajstić information content (AvgIpc) is 2.90. The molecule has 0 bridgehead atoms. The second kappa shape index (κ2) is 17.8. The summed E-state index contributed by atoms with van der Waals surface area (Å²) >= 11 is 0. The predicted molar refractivity (Wildman–Crippen MR) is 133 cm³/mol. The zero-order chi connectivity index (χ0) is 29.2. The maximum Gasteiger partial charge on any atom is 0.302 e. The summed E-state index contributed by atoms with van der Waals surface area (Å²) in [6.07, 6.45) is 0. The number of methoxy groups -OCH3 is 1. The quantitative estimate of drug-likeness (QED) is 0.0761. The van der Waals surface area contributed by atoms with Gasteiger partial charge in [0.1, 0.15) is 19.8 Å². The fraction of sp³-hybridized carbons (Fsp3) is 0.458. The Morgan fingerprint density at radius 3 is 1.26 bits per heavy atom. The molecule has 0 heterocycles. The molecule has 0 aliphatic carbocycles. The summed E-state index contributed by atoms with van der Waals surface area (Å²) in [6, 6.07) is 2.16. The number of hydrogen-bond donors (Lipinski definition) is 4. The molecular weight excluding hydrogens is 520 g/mol. The third-order valence-electron chi connectivity index (χ3n) is 4.69. The third kappa shape index (κ3) is 12.0. The van der Waals surface area contributed by atoms with Gasteiger partial charge in [0.15, 0.2) is 0 Å². The maximum atomic E-state index is 13.0. The number of benzene rings is 1. The first-order valence-electron chi connectivity index (χ1n) is 11.7. The molecule has 0 aromatic heterocycles. The summed E-state index contributed by atoms with van der Waals surface area (Å²) in [5.74, 6) is -4.20. The van der Waals surface area contributed by atoms with Gasteiger partial charge in [-0.1, -0.05) is 0 Å². The van der Waals surface area contributed by atoms with E-state index in [0.717, 1.165) is 12.1 Å². The van der Waals surface area contributed by atoms with Crippen LogP contribution in [0.15, 0.2) is 12.1 Å². The lowest BCUT2D eigenvalue weighted by Crippen LogP contribution is -2.36. The Balaban J connectivity index is 3.42. The summed E-state index contributed by atoms with van der Waals surface area (Å²) in [5, 5.41) is 9.97. The summed E-state index contributed by atoms with van der Waals surface area (Å²) in [4.78, 5) is 84.1. The zero-order valence-corrected chi connectivity index (χ0v) is 21.9. The molecule has 0 unspecified atom stereocenters. The minimum atomic E-state index is -0.794. The molecule has 0 aliphatic rings. The fourth-order valence-corrected chi connectivity index (χ4v) is 2.99. The monoisotopic (exact) mass is 552 g/mol. The van der Waals surface area contributed by atoms with Crippen LogP contribution in [-0.2, 0) is 33.3 Å². The number of hydrogen-bond acceptors (Lipinski definition) is 11. The lowest BCUT2D eigenvalue weighted by atomic mass is 9.95. The Hall–Kier alpha value is -4.53. The van der Waals surface area contributed by atoms with Crippen molar-refractivity contribution in [1.82, 2.24) is 21.3 Å². The fourth-order valence-electron chi connectivity index (χ4n) is 2.99. The minimum absolute atomic E-state index is 0.0892. The van der Waals surface area contributed by atoms with Crippen LogP contribution in [0.1, 0.15) is 55.3 Å². The molecule has 15 nitrogen and oxygen atoms in total. The van der Waals surface area contributed by atoms with Gasteiger partial charge in [0.05, 0.1) is 48.5 Å². The van der Waals surface area contributed by atoms with Crippen LogP contribution in [0, 0.1) is 0 Å². The highest BCUT2D eigenvalue weighted by molar-refractivity contribution is 6.14. The highest BCUT2D eigenvalue weighted by Gasteiger charge is 2.26. The number of esters is 2. The molecule has 0 spiro atoms. The Labute approximate surface area is 224 Å². The second-order valence-corrected chi connectivity index (χ2v) is 7.61. The van der Waals surface area contributed by atoms with Gasteiger partial charge in [-0.25, -0.2) is 0 Å². The van der Waals surface area contributed by atoms with Crippen LogP contribution in [0.4, 0.5) is 0 Å². The molecule has 0 saturated carbocycles. The van der Waals surface area contributed by atoms with Gasteiger partial charge in [0.25, 0.3) is 30.1 Å². The minimum Gasteiger partial charge on any atom is -0.466 e. The molecule has 0 saturated heterocycles. The predicted octanol–water partition coefficient (Wildman–Crippen LogP) is -1.45. The Morgan fingerprint density at radius 1 is 0.615 bits per heavy atom. The SMILES string of the molecule is COCCNC(=O)c1cc(C(=O)NCCOC(C)=O)c(C(=O)NCCOC(C)=O)cc1C(=O)NCCOC=O. The molecule has 4 N–H and O–H groups in total. The smallest absolute Gasteiger partial charge is 0.302 e. The van der Waals surface area contributed by atoms with E-state index in [1.54, 1.807) is 0 Å². The number of nitrogens with one attached hydrogen (secondary N) is 4. The molecule has 15 heteroatoms. The van der Waals surface area contributed by atoms with E-state index in [0.29, 0.717) is 0 Å². The maximum absolute atomic E-state index is 13.0. The van der Waals surface area contributed by atoms with Gasteiger partial charge in [-0.2, -0.15) is 0 Å². The molecule has 0 fully saturated rings. The summed E-state index contributed by atoms with van der Waals surface area (Å²) < 4.78 is 19.0. The van der Waals surface area contributed by atoms with Crippen LogP contribution < -0.4 is 21.3 Å². The molecule has 4 amide bonds. The highest BCUT2D eigenvalue weighted by atomic mass is 16.5. The van der Waals surface area contributed by atoms with Gasteiger partial charge in [-0.3, -0.25) is 33.6 Å². The van der Waals surface area contributed by atoms with Crippen molar-refractivity contribution in [3.63, 3.8) is 0 Å². The van der Waals surface area contributed by atoms with Gasteiger partial charge >= 0.3 is 11.9 Å². The van der Waals surface area contributed by atoms with Crippen LogP contribution in [0.5, 0.6) is 0 Å². The van der Waals surface area contributed by atoms with Gasteiger partial charge in [-0.05, 0) is 12.1 Å². The molecule has 214 valence electrons. The number of carbonyl (C=O) groups is 7. The van der Waals surface area contributed by atoms with E-state index in [1.807, 2.05) is 0 Å². The van der Waals surface area contributed by atoms with Crippen molar-refractivity contribution < 1.29 is 52.5 Å². The normalized spacial score (nSPS) is 10.0. The first-order valence-corrected chi connectivity index (χ1v) is 11.7. The van der Waals surface area contributed by atoms with Gasteiger partial charge in [0.2, 0.25) is 0 Å². The molecule has 0 radical (unpaired) electrons. The zero-order valence-electron chi connectivity index (χ0n) is 21.9. The summed E-state index contributed by atoms with van der Waals surface area (Å²) in [5.41, 5.74) is -0.967. The van der Waals surface area contributed by atoms with E-state index in [-0.39, 0.29) is 81.3 Å².